The van der Waals surface area contributed by atoms with Gasteiger partial charge in [0.1, 0.15) is 0 Å². The largest absolute Gasteiger partial charge is 0.481 e. The van der Waals surface area contributed by atoms with Crippen LogP contribution in [-0.4, -0.2) is 45.2 Å². The van der Waals surface area contributed by atoms with Gasteiger partial charge in [0.25, 0.3) is 0 Å². The molecule has 4 atom stereocenters. The predicted octanol–water partition coefficient (Wildman–Crippen LogP) is -0.943. The Bertz CT molecular complexity index is 170. The lowest BCUT2D eigenvalue weighted by Gasteiger charge is -2.25. The van der Waals surface area contributed by atoms with Crippen molar-refractivity contribution < 1.29 is 25.2 Å². The van der Waals surface area contributed by atoms with E-state index in [4.69, 9.17) is 15.3 Å². The summed E-state index contributed by atoms with van der Waals surface area (Å²) in [4.78, 5) is 10.5. The SMILES string of the molecule is CC(C(=O)O)C(O)C(C)[C@H](O)CO. The van der Waals surface area contributed by atoms with E-state index in [0.29, 0.717) is 0 Å². The maximum atomic E-state index is 10.5. The zero-order chi connectivity index (χ0) is 10.6. The topological polar surface area (TPSA) is 98.0 Å². The fourth-order valence-corrected chi connectivity index (χ4v) is 0.995. The van der Waals surface area contributed by atoms with Gasteiger partial charge in [0.15, 0.2) is 0 Å². The van der Waals surface area contributed by atoms with Crippen molar-refractivity contribution in [3.05, 3.63) is 0 Å². The molecule has 0 radical (unpaired) electrons. The zero-order valence-corrected chi connectivity index (χ0v) is 7.71. The first kappa shape index (κ1) is 12.3. The van der Waals surface area contributed by atoms with Gasteiger partial charge in [0.2, 0.25) is 0 Å². The molecule has 0 spiro atoms. The lowest BCUT2D eigenvalue weighted by molar-refractivity contribution is -0.147. The minimum Gasteiger partial charge on any atom is -0.481 e. The highest BCUT2D eigenvalue weighted by molar-refractivity contribution is 5.70. The molecule has 13 heavy (non-hydrogen) atoms. The number of aliphatic carboxylic acids is 1. The van der Waals surface area contributed by atoms with E-state index in [1.54, 1.807) is 0 Å². The number of carboxylic acids is 1. The summed E-state index contributed by atoms with van der Waals surface area (Å²) < 4.78 is 0. The molecule has 0 fully saturated rings. The number of hydrogen-bond donors (Lipinski definition) is 4. The summed E-state index contributed by atoms with van der Waals surface area (Å²) in [6.45, 7) is 2.36. The Morgan fingerprint density at radius 2 is 1.77 bits per heavy atom. The zero-order valence-electron chi connectivity index (χ0n) is 7.71. The normalized spacial score (nSPS) is 20.4. The van der Waals surface area contributed by atoms with Crippen molar-refractivity contribution in [2.45, 2.75) is 26.1 Å². The Labute approximate surface area is 76.6 Å². The van der Waals surface area contributed by atoms with E-state index in [1.807, 2.05) is 0 Å². The molecule has 0 heterocycles. The van der Waals surface area contributed by atoms with Crippen LogP contribution >= 0.6 is 0 Å². The van der Waals surface area contributed by atoms with Crippen LogP contribution < -0.4 is 0 Å². The van der Waals surface area contributed by atoms with Crippen molar-refractivity contribution in [1.29, 1.82) is 0 Å². The van der Waals surface area contributed by atoms with Crippen LogP contribution in [0.4, 0.5) is 0 Å². The molecule has 0 aliphatic rings. The van der Waals surface area contributed by atoms with Crippen LogP contribution in [0.3, 0.4) is 0 Å². The molecule has 4 N–H and O–H groups in total. The maximum absolute atomic E-state index is 10.5. The van der Waals surface area contributed by atoms with Crippen molar-refractivity contribution in [2.75, 3.05) is 6.61 Å². The van der Waals surface area contributed by atoms with Crippen LogP contribution in [0.1, 0.15) is 13.8 Å². The summed E-state index contributed by atoms with van der Waals surface area (Å²) in [7, 11) is 0. The van der Waals surface area contributed by atoms with E-state index >= 15 is 0 Å². The highest BCUT2D eigenvalue weighted by Gasteiger charge is 2.30. The van der Waals surface area contributed by atoms with Crippen LogP contribution in [0.5, 0.6) is 0 Å². The van der Waals surface area contributed by atoms with E-state index in [1.165, 1.54) is 13.8 Å². The fraction of sp³-hybridized carbons (Fsp3) is 0.875. The van der Waals surface area contributed by atoms with Crippen LogP contribution in [0, 0.1) is 11.8 Å². The minimum absolute atomic E-state index is 0.482. The molecule has 0 aliphatic carbocycles. The second-order valence-electron chi connectivity index (χ2n) is 3.23. The van der Waals surface area contributed by atoms with Gasteiger partial charge in [-0.3, -0.25) is 4.79 Å². The second kappa shape index (κ2) is 5.16. The van der Waals surface area contributed by atoms with Crippen LogP contribution in [0.15, 0.2) is 0 Å². The molecule has 3 unspecified atom stereocenters. The first-order chi connectivity index (χ1) is 5.91. The summed E-state index contributed by atoms with van der Waals surface area (Å²) in [5.74, 6) is -2.73. The third kappa shape index (κ3) is 3.30. The molecule has 0 bridgehead atoms. The summed E-state index contributed by atoms with van der Waals surface area (Å²) in [6, 6.07) is 0. The lowest BCUT2D eigenvalue weighted by Crippen LogP contribution is -2.38. The van der Waals surface area contributed by atoms with Crippen molar-refractivity contribution in [3.8, 4) is 0 Å². The molecule has 0 rings (SSSR count). The number of carbonyl (C=O) groups is 1. The molecule has 0 amide bonds. The molecule has 78 valence electrons. The van der Waals surface area contributed by atoms with Gasteiger partial charge in [-0.05, 0) is 6.92 Å². The molecule has 0 aromatic heterocycles. The van der Waals surface area contributed by atoms with E-state index in [0.717, 1.165) is 0 Å². The van der Waals surface area contributed by atoms with Crippen molar-refractivity contribution in [3.63, 3.8) is 0 Å². The number of carboxylic acid groups (broad SMARTS) is 1. The number of aliphatic hydroxyl groups excluding tert-OH is 3. The summed E-state index contributed by atoms with van der Waals surface area (Å²) >= 11 is 0. The number of rotatable bonds is 5. The molecule has 0 saturated heterocycles. The molecule has 5 heteroatoms. The Morgan fingerprint density at radius 1 is 1.31 bits per heavy atom. The van der Waals surface area contributed by atoms with Gasteiger partial charge >= 0.3 is 5.97 Å². The van der Waals surface area contributed by atoms with Crippen molar-refractivity contribution in [2.24, 2.45) is 11.8 Å². The number of aliphatic hydroxyl groups is 3. The molecular weight excluding hydrogens is 176 g/mol. The third-order valence-corrected chi connectivity index (χ3v) is 2.23. The van der Waals surface area contributed by atoms with Gasteiger partial charge in [0.05, 0.1) is 24.7 Å². The summed E-state index contributed by atoms with van der Waals surface area (Å²) in [5.41, 5.74) is 0. The first-order valence-corrected chi connectivity index (χ1v) is 4.11. The molecule has 0 aromatic carbocycles. The van der Waals surface area contributed by atoms with Gasteiger partial charge in [-0.2, -0.15) is 0 Å². The fourth-order valence-electron chi connectivity index (χ4n) is 0.995. The average molecular weight is 192 g/mol. The quantitative estimate of drug-likeness (QED) is 0.450. The lowest BCUT2D eigenvalue weighted by atomic mass is 9.90. The van der Waals surface area contributed by atoms with Gasteiger partial charge < -0.3 is 20.4 Å². The second-order valence-corrected chi connectivity index (χ2v) is 3.23. The summed E-state index contributed by atoms with van der Waals surface area (Å²) in [5, 5.41) is 35.6. The predicted molar refractivity (Wildman–Crippen MR) is 45.1 cm³/mol. The van der Waals surface area contributed by atoms with Gasteiger partial charge in [-0.15, -0.1) is 0 Å². The Kier molecular flexibility index (Phi) is 4.90. The Hall–Kier alpha value is -0.650. The van der Waals surface area contributed by atoms with Crippen LogP contribution in [0.25, 0.3) is 0 Å². The Morgan fingerprint density at radius 3 is 2.08 bits per heavy atom. The average Bonchev–Trinajstić information content (AvgIpc) is 2.12. The standard InChI is InChI=1S/C8H16O5/c1-4(6(10)3-9)7(11)5(2)8(12)13/h4-7,9-11H,3H2,1-2H3,(H,12,13)/t4?,5?,6-,7?/m1/s1. The van der Waals surface area contributed by atoms with E-state index in [-0.39, 0.29) is 0 Å². The van der Waals surface area contributed by atoms with Gasteiger partial charge in [-0.25, -0.2) is 0 Å². The van der Waals surface area contributed by atoms with E-state index < -0.39 is 36.6 Å². The van der Waals surface area contributed by atoms with Crippen LogP contribution in [-0.2, 0) is 4.79 Å². The third-order valence-electron chi connectivity index (χ3n) is 2.23. The van der Waals surface area contributed by atoms with Gasteiger partial charge in [-0.1, -0.05) is 6.92 Å². The smallest absolute Gasteiger partial charge is 0.308 e. The van der Waals surface area contributed by atoms with Crippen molar-refractivity contribution in [1.82, 2.24) is 0 Å². The number of hydrogen-bond acceptors (Lipinski definition) is 4. The summed E-state index contributed by atoms with van der Waals surface area (Å²) in [6.07, 6.45) is -2.24. The van der Waals surface area contributed by atoms with E-state index in [9.17, 15) is 9.90 Å². The van der Waals surface area contributed by atoms with Gasteiger partial charge in [0, 0.05) is 5.92 Å². The monoisotopic (exact) mass is 192 g/mol. The minimum atomic E-state index is -1.15. The molecule has 0 aromatic rings. The molecule has 0 saturated carbocycles. The highest BCUT2D eigenvalue weighted by atomic mass is 16.4. The highest BCUT2D eigenvalue weighted by Crippen LogP contribution is 2.16. The van der Waals surface area contributed by atoms with Crippen molar-refractivity contribution >= 4 is 5.97 Å². The Balaban J connectivity index is 4.24. The van der Waals surface area contributed by atoms with Crippen LogP contribution in [0.2, 0.25) is 0 Å². The first-order valence-electron chi connectivity index (χ1n) is 4.11. The maximum Gasteiger partial charge on any atom is 0.308 e. The molecule has 0 aliphatic heterocycles. The molecular formula is C8H16O5. The molecule has 5 nitrogen and oxygen atoms in total. The van der Waals surface area contributed by atoms with E-state index in [2.05, 4.69) is 0 Å².